The largest absolute Gasteiger partial charge is 0.381 e. The van der Waals surface area contributed by atoms with Crippen LogP contribution in [0.25, 0.3) is 0 Å². The van der Waals surface area contributed by atoms with Gasteiger partial charge in [-0.05, 0) is 25.5 Å². The van der Waals surface area contributed by atoms with Crippen LogP contribution in [0, 0.1) is 19.3 Å². The molecule has 1 rings (SSSR count). The third-order valence-corrected chi connectivity index (χ3v) is 2.12. The van der Waals surface area contributed by atoms with Gasteiger partial charge in [-0.15, -0.1) is 12.3 Å². The normalized spacial score (nSPS) is 11.8. The molecule has 14 heavy (non-hydrogen) atoms. The first-order chi connectivity index (χ1) is 6.76. The molecule has 1 N–H and O–H groups in total. The highest BCUT2D eigenvalue weighted by Gasteiger charge is 2.03. The van der Waals surface area contributed by atoms with E-state index in [1.165, 1.54) is 0 Å². The summed E-state index contributed by atoms with van der Waals surface area (Å²) in [5, 5.41) is 3.39. The SMILES string of the molecule is C#CCC(CC)Nc1ccnc(C)c1. The van der Waals surface area contributed by atoms with E-state index in [0.717, 1.165) is 24.2 Å². The van der Waals surface area contributed by atoms with Gasteiger partial charge in [-0.2, -0.15) is 0 Å². The molecule has 0 aliphatic heterocycles. The number of anilines is 1. The van der Waals surface area contributed by atoms with Gasteiger partial charge < -0.3 is 5.32 Å². The number of aromatic nitrogens is 1. The third-order valence-electron chi connectivity index (χ3n) is 2.12. The van der Waals surface area contributed by atoms with E-state index in [4.69, 9.17) is 6.42 Å². The van der Waals surface area contributed by atoms with Crippen molar-refractivity contribution < 1.29 is 0 Å². The molecule has 0 fully saturated rings. The van der Waals surface area contributed by atoms with Gasteiger partial charge in [0.25, 0.3) is 0 Å². The van der Waals surface area contributed by atoms with Gasteiger partial charge >= 0.3 is 0 Å². The third kappa shape index (κ3) is 3.10. The Bertz CT molecular complexity index is 325. The average molecular weight is 188 g/mol. The van der Waals surface area contributed by atoms with Crippen molar-refractivity contribution >= 4 is 5.69 Å². The first kappa shape index (κ1) is 10.6. The van der Waals surface area contributed by atoms with Gasteiger partial charge in [-0.3, -0.25) is 4.98 Å². The summed E-state index contributed by atoms with van der Waals surface area (Å²) in [5.41, 5.74) is 2.12. The predicted molar refractivity (Wildman–Crippen MR) is 60.1 cm³/mol. The van der Waals surface area contributed by atoms with Gasteiger partial charge in [0.05, 0.1) is 0 Å². The molecule has 0 saturated heterocycles. The number of hydrogen-bond acceptors (Lipinski definition) is 2. The van der Waals surface area contributed by atoms with E-state index in [2.05, 4.69) is 23.1 Å². The molecule has 2 heteroatoms. The predicted octanol–water partition coefficient (Wildman–Crippen LogP) is 2.60. The number of pyridine rings is 1. The van der Waals surface area contributed by atoms with Crippen molar-refractivity contribution in [2.24, 2.45) is 0 Å². The zero-order valence-corrected chi connectivity index (χ0v) is 8.75. The lowest BCUT2D eigenvalue weighted by Crippen LogP contribution is -2.17. The quantitative estimate of drug-likeness (QED) is 0.735. The Morgan fingerprint density at radius 1 is 1.64 bits per heavy atom. The highest BCUT2D eigenvalue weighted by Crippen LogP contribution is 2.11. The Morgan fingerprint density at radius 2 is 2.43 bits per heavy atom. The molecule has 0 radical (unpaired) electrons. The van der Waals surface area contributed by atoms with Crippen molar-refractivity contribution in [3.63, 3.8) is 0 Å². The second-order valence-corrected chi connectivity index (χ2v) is 3.34. The van der Waals surface area contributed by atoms with E-state index in [9.17, 15) is 0 Å². The number of rotatable bonds is 4. The molecule has 0 aliphatic rings. The zero-order chi connectivity index (χ0) is 10.4. The number of aryl methyl sites for hydroxylation is 1. The van der Waals surface area contributed by atoms with Gasteiger partial charge in [-0.1, -0.05) is 6.92 Å². The number of terminal acetylenes is 1. The van der Waals surface area contributed by atoms with E-state index < -0.39 is 0 Å². The smallest absolute Gasteiger partial charge is 0.0393 e. The first-order valence-corrected chi connectivity index (χ1v) is 4.89. The Kier molecular flexibility index (Phi) is 4.00. The fourth-order valence-corrected chi connectivity index (χ4v) is 1.31. The maximum atomic E-state index is 5.29. The van der Waals surface area contributed by atoms with Crippen LogP contribution in [0.1, 0.15) is 25.5 Å². The molecule has 74 valence electrons. The summed E-state index contributed by atoms with van der Waals surface area (Å²) in [6, 6.07) is 4.35. The Morgan fingerprint density at radius 3 is 3.00 bits per heavy atom. The summed E-state index contributed by atoms with van der Waals surface area (Å²) in [5.74, 6) is 2.68. The molecule has 1 aromatic rings. The summed E-state index contributed by atoms with van der Waals surface area (Å²) in [6.07, 6.45) is 8.89. The molecule has 1 heterocycles. The molecular weight excluding hydrogens is 172 g/mol. The van der Waals surface area contributed by atoms with Crippen LogP contribution < -0.4 is 5.32 Å². The minimum Gasteiger partial charge on any atom is -0.381 e. The summed E-state index contributed by atoms with van der Waals surface area (Å²) in [6.45, 7) is 4.11. The molecule has 0 amide bonds. The van der Waals surface area contributed by atoms with Crippen LogP contribution in [0.3, 0.4) is 0 Å². The summed E-state index contributed by atoms with van der Waals surface area (Å²) in [7, 11) is 0. The van der Waals surface area contributed by atoms with Crippen molar-refractivity contribution in [2.75, 3.05) is 5.32 Å². The standard InChI is InChI=1S/C12H16N2/c1-4-6-11(5-2)14-12-7-8-13-10(3)9-12/h1,7-9,11H,5-6H2,2-3H3,(H,13,14). The summed E-state index contributed by atoms with van der Waals surface area (Å²) in [4.78, 5) is 4.14. The van der Waals surface area contributed by atoms with Crippen LogP contribution in [-0.4, -0.2) is 11.0 Å². The van der Waals surface area contributed by atoms with Gasteiger partial charge in [0.15, 0.2) is 0 Å². The van der Waals surface area contributed by atoms with Crippen molar-refractivity contribution in [3.05, 3.63) is 24.0 Å². The maximum absolute atomic E-state index is 5.29. The van der Waals surface area contributed by atoms with Crippen molar-refractivity contribution in [1.82, 2.24) is 4.98 Å². The summed E-state index contributed by atoms with van der Waals surface area (Å²) >= 11 is 0. The molecule has 0 spiro atoms. The number of nitrogens with one attached hydrogen (secondary N) is 1. The van der Waals surface area contributed by atoms with Crippen LogP contribution in [0.15, 0.2) is 18.3 Å². The highest BCUT2D eigenvalue weighted by molar-refractivity contribution is 5.44. The van der Waals surface area contributed by atoms with Gasteiger partial charge in [-0.25, -0.2) is 0 Å². The monoisotopic (exact) mass is 188 g/mol. The van der Waals surface area contributed by atoms with Gasteiger partial charge in [0.1, 0.15) is 0 Å². The minimum absolute atomic E-state index is 0.363. The maximum Gasteiger partial charge on any atom is 0.0393 e. The fourth-order valence-electron chi connectivity index (χ4n) is 1.31. The minimum atomic E-state index is 0.363. The summed E-state index contributed by atoms with van der Waals surface area (Å²) < 4.78 is 0. The molecule has 1 unspecified atom stereocenters. The second kappa shape index (κ2) is 5.29. The van der Waals surface area contributed by atoms with E-state index in [0.29, 0.717) is 6.04 Å². The van der Waals surface area contributed by atoms with Crippen LogP contribution >= 0.6 is 0 Å². The Labute approximate surface area is 85.8 Å². The van der Waals surface area contributed by atoms with Crippen molar-refractivity contribution in [2.45, 2.75) is 32.7 Å². The molecule has 1 aromatic heterocycles. The molecule has 0 aromatic carbocycles. The molecule has 0 saturated carbocycles. The second-order valence-electron chi connectivity index (χ2n) is 3.34. The Hall–Kier alpha value is -1.49. The fraction of sp³-hybridized carbons (Fsp3) is 0.417. The average Bonchev–Trinajstić information content (AvgIpc) is 2.17. The molecule has 0 aliphatic carbocycles. The zero-order valence-electron chi connectivity index (χ0n) is 8.75. The first-order valence-electron chi connectivity index (χ1n) is 4.89. The van der Waals surface area contributed by atoms with E-state index in [1.54, 1.807) is 6.20 Å². The number of nitrogens with zero attached hydrogens (tertiary/aromatic N) is 1. The van der Waals surface area contributed by atoms with E-state index in [-0.39, 0.29) is 0 Å². The van der Waals surface area contributed by atoms with E-state index in [1.807, 2.05) is 19.1 Å². The lowest BCUT2D eigenvalue weighted by Gasteiger charge is -2.15. The van der Waals surface area contributed by atoms with Crippen LogP contribution in [0.5, 0.6) is 0 Å². The topological polar surface area (TPSA) is 24.9 Å². The van der Waals surface area contributed by atoms with E-state index >= 15 is 0 Å². The van der Waals surface area contributed by atoms with Crippen LogP contribution in [0.4, 0.5) is 5.69 Å². The molecular formula is C12H16N2. The van der Waals surface area contributed by atoms with Crippen molar-refractivity contribution in [1.29, 1.82) is 0 Å². The highest BCUT2D eigenvalue weighted by atomic mass is 14.9. The lowest BCUT2D eigenvalue weighted by atomic mass is 10.1. The Balaban J connectivity index is 2.63. The van der Waals surface area contributed by atoms with Gasteiger partial charge in [0, 0.05) is 30.0 Å². The van der Waals surface area contributed by atoms with Crippen LogP contribution in [-0.2, 0) is 0 Å². The molecule has 1 atom stereocenters. The molecule has 2 nitrogen and oxygen atoms in total. The van der Waals surface area contributed by atoms with Crippen molar-refractivity contribution in [3.8, 4) is 12.3 Å². The lowest BCUT2D eigenvalue weighted by molar-refractivity contribution is 0.715. The number of hydrogen-bond donors (Lipinski definition) is 1. The molecule has 0 bridgehead atoms. The van der Waals surface area contributed by atoms with Gasteiger partial charge in [0.2, 0.25) is 0 Å². The van der Waals surface area contributed by atoms with Crippen LogP contribution in [0.2, 0.25) is 0 Å².